The second-order valence-corrected chi connectivity index (χ2v) is 5.09. The largest absolute Gasteiger partial charge is 0.355 e. The van der Waals surface area contributed by atoms with Gasteiger partial charge in [-0.05, 0) is 16.7 Å². The highest BCUT2D eigenvalue weighted by Gasteiger charge is 2.64. The molecule has 4 N–H and O–H groups in total. The fraction of sp³-hybridized carbons (Fsp3) is 0.900. The molecule has 0 aromatic carbocycles. The fourth-order valence-corrected chi connectivity index (χ4v) is 2.24. The molecule has 1 rings (SSSR count). The minimum Gasteiger partial charge on any atom is -0.355 e. The molecule has 0 aromatic rings. The second kappa shape index (κ2) is 3.42. The van der Waals surface area contributed by atoms with E-state index in [9.17, 15) is 0 Å². The molecule has 1 aliphatic rings. The van der Waals surface area contributed by atoms with Crippen LogP contribution in [0.15, 0.2) is 4.99 Å². The molecule has 0 spiro atoms. The van der Waals surface area contributed by atoms with Crippen molar-refractivity contribution < 1.29 is 0 Å². The molecule has 0 aliphatic heterocycles. The van der Waals surface area contributed by atoms with Gasteiger partial charge in [-0.25, -0.2) is 5.84 Å². The normalized spacial score (nSPS) is 24.6. The number of nitrogens with one attached hydrogen (secondary N) is 2. The molecule has 0 heterocycles. The van der Waals surface area contributed by atoms with E-state index >= 15 is 0 Å². The zero-order valence-electron chi connectivity index (χ0n) is 9.81. The predicted octanol–water partition coefficient (Wildman–Crippen LogP) is 0.707. The van der Waals surface area contributed by atoms with Crippen molar-refractivity contribution in [3.8, 4) is 0 Å². The molecule has 14 heavy (non-hydrogen) atoms. The SMILES string of the molecule is CN=C(NN)NCC1C(C)(C)C1(C)C. The summed E-state index contributed by atoms with van der Waals surface area (Å²) in [4.78, 5) is 3.97. The number of hydrogen-bond acceptors (Lipinski definition) is 2. The zero-order chi connectivity index (χ0) is 11.0. The topological polar surface area (TPSA) is 62.4 Å². The predicted molar refractivity (Wildman–Crippen MR) is 59.7 cm³/mol. The summed E-state index contributed by atoms with van der Waals surface area (Å²) in [6.45, 7) is 10.1. The summed E-state index contributed by atoms with van der Waals surface area (Å²) >= 11 is 0. The average molecular weight is 198 g/mol. The van der Waals surface area contributed by atoms with Crippen LogP contribution in [0.3, 0.4) is 0 Å². The molecule has 0 amide bonds. The Bertz CT molecular complexity index is 229. The van der Waals surface area contributed by atoms with Crippen molar-refractivity contribution in [2.75, 3.05) is 13.6 Å². The van der Waals surface area contributed by atoms with Crippen molar-refractivity contribution in [3.05, 3.63) is 0 Å². The first-order chi connectivity index (χ1) is 6.37. The smallest absolute Gasteiger partial charge is 0.205 e. The first kappa shape index (κ1) is 11.3. The molecule has 0 radical (unpaired) electrons. The number of hydrazine groups is 1. The van der Waals surface area contributed by atoms with Gasteiger partial charge in [-0.3, -0.25) is 10.4 Å². The van der Waals surface area contributed by atoms with Gasteiger partial charge >= 0.3 is 0 Å². The van der Waals surface area contributed by atoms with Gasteiger partial charge in [0.25, 0.3) is 0 Å². The fourth-order valence-electron chi connectivity index (χ4n) is 2.24. The Morgan fingerprint density at radius 1 is 1.29 bits per heavy atom. The van der Waals surface area contributed by atoms with Crippen molar-refractivity contribution in [1.29, 1.82) is 0 Å². The van der Waals surface area contributed by atoms with E-state index in [0.717, 1.165) is 6.54 Å². The molecule has 0 atom stereocenters. The minimum atomic E-state index is 0.410. The Labute approximate surface area is 86.3 Å². The van der Waals surface area contributed by atoms with E-state index < -0.39 is 0 Å². The van der Waals surface area contributed by atoms with E-state index in [4.69, 9.17) is 5.84 Å². The van der Waals surface area contributed by atoms with Gasteiger partial charge in [-0.2, -0.15) is 0 Å². The highest BCUT2D eigenvalue weighted by atomic mass is 15.3. The quantitative estimate of drug-likeness (QED) is 0.265. The number of rotatable bonds is 2. The molecule has 0 saturated heterocycles. The lowest BCUT2D eigenvalue weighted by Crippen LogP contribution is -2.42. The van der Waals surface area contributed by atoms with Crippen LogP contribution in [0.4, 0.5) is 0 Å². The molecule has 1 saturated carbocycles. The molecule has 4 nitrogen and oxygen atoms in total. The second-order valence-electron chi connectivity index (χ2n) is 5.09. The summed E-state index contributed by atoms with van der Waals surface area (Å²) in [5, 5.41) is 3.21. The maximum absolute atomic E-state index is 5.28. The van der Waals surface area contributed by atoms with Crippen LogP contribution in [0.5, 0.6) is 0 Å². The summed E-state index contributed by atoms with van der Waals surface area (Å²) < 4.78 is 0. The van der Waals surface area contributed by atoms with Crippen molar-refractivity contribution in [3.63, 3.8) is 0 Å². The molecule has 1 fully saturated rings. The van der Waals surface area contributed by atoms with Crippen LogP contribution in [-0.2, 0) is 0 Å². The standard InChI is InChI=1S/C10H22N4/c1-9(2)7(10(9,3)4)6-13-8(12-5)14-11/h7H,6,11H2,1-5H3,(H2,12,13,14). The highest BCUT2D eigenvalue weighted by Crippen LogP contribution is 2.67. The summed E-state index contributed by atoms with van der Waals surface area (Å²) in [5.41, 5.74) is 3.35. The van der Waals surface area contributed by atoms with Crippen LogP contribution in [-0.4, -0.2) is 19.6 Å². The molecular formula is C10H22N4. The van der Waals surface area contributed by atoms with E-state index in [1.54, 1.807) is 7.05 Å². The molecule has 82 valence electrons. The average Bonchev–Trinajstić information content (AvgIpc) is 2.48. The van der Waals surface area contributed by atoms with E-state index in [0.29, 0.717) is 22.7 Å². The van der Waals surface area contributed by atoms with E-state index in [1.165, 1.54) is 0 Å². The number of nitrogens with two attached hydrogens (primary N) is 1. The van der Waals surface area contributed by atoms with Crippen LogP contribution >= 0.6 is 0 Å². The number of guanidine groups is 1. The first-order valence-corrected chi connectivity index (χ1v) is 5.05. The van der Waals surface area contributed by atoms with Gasteiger partial charge in [-0.1, -0.05) is 27.7 Å². The van der Waals surface area contributed by atoms with Gasteiger partial charge in [0.2, 0.25) is 5.96 Å². The maximum Gasteiger partial charge on any atom is 0.205 e. The zero-order valence-corrected chi connectivity index (χ0v) is 9.81. The van der Waals surface area contributed by atoms with Gasteiger partial charge < -0.3 is 5.32 Å². The first-order valence-electron chi connectivity index (χ1n) is 5.05. The Morgan fingerprint density at radius 3 is 2.07 bits per heavy atom. The Kier molecular flexibility index (Phi) is 2.76. The van der Waals surface area contributed by atoms with Crippen LogP contribution in [0.2, 0.25) is 0 Å². The molecule has 1 aliphatic carbocycles. The minimum absolute atomic E-state index is 0.410. The summed E-state index contributed by atoms with van der Waals surface area (Å²) in [5.74, 6) is 6.62. The molecule has 0 aromatic heterocycles. The molecule has 0 unspecified atom stereocenters. The van der Waals surface area contributed by atoms with Gasteiger partial charge in [-0.15, -0.1) is 0 Å². The maximum atomic E-state index is 5.28. The number of aliphatic imine (C=N–C) groups is 1. The number of hydrogen-bond donors (Lipinski definition) is 3. The number of nitrogens with zero attached hydrogens (tertiary/aromatic N) is 1. The lowest BCUT2D eigenvalue weighted by molar-refractivity contribution is 0.457. The summed E-state index contributed by atoms with van der Waals surface area (Å²) in [6, 6.07) is 0. The third-order valence-corrected chi connectivity index (χ3v) is 4.15. The van der Waals surface area contributed by atoms with E-state index in [2.05, 4.69) is 43.4 Å². The van der Waals surface area contributed by atoms with Crippen LogP contribution in [0.25, 0.3) is 0 Å². The van der Waals surface area contributed by atoms with Crippen molar-refractivity contribution in [1.82, 2.24) is 10.7 Å². The summed E-state index contributed by atoms with van der Waals surface area (Å²) in [6.07, 6.45) is 0. The van der Waals surface area contributed by atoms with Crippen molar-refractivity contribution in [2.24, 2.45) is 27.6 Å². The lowest BCUT2D eigenvalue weighted by Gasteiger charge is -2.08. The Morgan fingerprint density at radius 2 is 1.79 bits per heavy atom. The van der Waals surface area contributed by atoms with Crippen molar-refractivity contribution in [2.45, 2.75) is 27.7 Å². The summed E-state index contributed by atoms with van der Waals surface area (Å²) in [7, 11) is 1.71. The van der Waals surface area contributed by atoms with E-state index in [-0.39, 0.29) is 0 Å². The monoisotopic (exact) mass is 198 g/mol. The van der Waals surface area contributed by atoms with Gasteiger partial charge in [0.1, 0.15) is 0 Å². The lowest BCUT2D eigenvalue weighted by atomic mass is 10.0. The molecule has 4 heteroatoms. The van der Waals surface area contributed by atoms with Gasteiger partial charge in [0, 0.05) is 13.6 Å². The van der Waals surface area contributed by atoms with E-state index in [1.807, 2.05) is 0 Å². The third-order valence-electron chi connectivity index (χ3n) is 4.15. The highest BCUT2D eigenvalue weighted by molar-refractivity contribution is 5.78. The third kappa shape index (κ3) is 1.59. The molecule has 0 bridgehead atoms. The van der Waals surface area contributed by atoms with Crippen molar-refractivity contribution >= 4 is 5.96 Å². The Hall–Kier alpha value is -0.770. The van der Waals surface area contributed by atoms with Crippen LogP contribution in [0, 0.1) is 16.7 Å². The van der Waals surface area contributed by atoms with Gasteiger partial charge in [0.15, 0.2) is 0 Å². The van der Waals surface area contributed by atoms with Gasteiger partial charge in [0.05, 0.1) is 0 Å². The molecular weight excluding hydrogens is 176 g/mol. The van der Waals surface area contributed by atoms with Crippen LogP contribution < -0.4 is 16.6 Å². The Balaban J connectivity index is 2.43. The van der Waals surface area contributed by atoms with Crippen LogP contribution in [0.1, 0.15) is 27.7 Å².